The van der Waals surface area contributed by atoms with E-state index in [0.717, 1.165) is 43.3 Å². The fraction of sp³-hybridized carbons (Fsp3) is 0.522. The van der Waals surface area contributed by atoms with Crippen molar-refractivity contribution >= 4 is 23.2 Å². The van der Waals surface area contributed by atoms with E-state index in [0.29, 0.717) is 12.1 Å². The van der Waals surface area contributed by atoms with E-state index in [1.54, 1.807) is 0 Å². The van der Waals surface area contributed by atoms with Gasteiger partial charge in [-0.3, -0.25) is 9.69 Å². The summed E-state index contributed by atoms with van der Waals surface area (Å²) in [4.78, 5) is 33.2. The minimum atomic E-state index is -1.00. The number of thiazole rings is 1. The number of benzene rings is 1. The summed E-state index contributed by atoms with van der Waals surface area (Å²) in [7, 11) is 2.16. The molecule has 3 rings (SSSR count). The highest BCUT2D eigenvalue weighted by Crippen LogP contribution is 2.25. The number of hydrogen-bond acceptors (Lipinski definition) is 6. The van der Waals surface area contributed by atoms with Gasteiger partial charge >= 0.3 is 5.97 Å². The van der Waals surface area contributed by atoms with Crippen molar-refractivity contribution < 1.29 is 14.7 Å². The molecule has 1 aliphatic heterocycles. The predicted octanol–water partition coefficient (Wildman–Crippen LogP) is 2.72. The first-order valence-electron chi connectivity index (χ1n) is 10.8. The molecule has 1 amide bonds. The smallest absolute Gasteiger partial charge is 0.326 e. The summed E-state index contributed by atoms with van der Waals surface area (Å²) in [6.45, 7) is 9.01. The topological polar surface area (TPSA) is 85.8 Å². The van der Waals surface area contributed by atoms with E-state index in [1.165, 1.54) is 16.9 Å². The Bertz CT molecular complexity index is 892. The van der Waals surface area contributed by atoms with Crippen LogP contribution in [-0.2, 0) is 22.6 Å². The Balaban J connectivity index is 1.61. The Morgan fingerprint density at radius 2 is 2.00 bits per heavy atom. The molecule has 2 unspecified atom stereocenters. The van der Waals surface area contributed by atoms with E-state index in [4.69, 9.17) is 0 Å². The lowest BCUT2D eigenvalue weighted by atomic mass is 9.99. The lowest BCUT2D eigenvalue weighted by molar-refractivity contribution is -0.143. The van der Waals surface area contributed by atoms with Gasteiger partial charge in [-0.2, -0.15) is 0 Å². The van der Waals surface area contributed by atoms with Gasteiger partial charge in [0.25, 0.3) is 0 Å². The second-order valence-electron chi connectivity index (χ2n) is 8.37. The molecule has 1 aromatic carbocycles. The van der Waals surface area contributed by atoms with Crippen LogP contribution in [0.5, 0.6) is 0 Å². The molecular weight excluding hydrogens is 412 g/mol. The van der Waals surface area contributed by atoms with Crippen molar-refractivity contribution in [2.45, 2.75) is 39.3 Å². The van der Waals surface area contributed by atoms with Crippen molar-refractivity contribution in [3.8, 4) is 10.6 Å². The molecule has 2 heterocycles. The summed E-state index contributed by atoms with van der Waals surface area (Å²) in [5.74, 6) is -1.44. The third-order valence-electron chi connectivity index (χ3n) is 5.86. The van der Waals surface area contributed by atoms with Crippen LogP contribution in [0.2, 0.25) is 0 Å². The molecule has 168 valence electrons. The van der Waals surface area contributed by atoms with Gasteiger partial charge in [-0.25, -0.2) is 9.78 Å². The number of aromatic nitrogens is 1. The van der Waals surface area contributed by atoms with Gasteiger partial charge < -0.3 is 15.3 Å². The Hall–Kier alpha value is -2.29. The first-order chi connectivity index (χ1) is 14.9. The molecule has 2 aromatic rings. The van der Waals surface area contributed by atoms with Gasteiger partial charge in [-0.05, 0) is 24.6 Å². The van der Waals surface area contributed by atoms with E-state index in [-0.39, 0.29) is 18.2 Å². The molecule has 8 heteroatoms. The lowest BCUT2D eigenvalue weighted by Crippen LogP contribution is -2.45. The summed E-state index contributed by atoms with van der Waals surface area (Å²) < 4.78 is 0. The summed E-state index contributed by atoms with van der Waals surface area (Å²) in [5.41, 5.74) is 2.97. The highest BCUT2D eigenvalue weighted by molar-refractivity contribution is 7.13. The van der Waals surface area contributed by atoms with Gasteiger partial charge in [0, 0.05) is 43.7 Å². The van der Waals surface area contributed by atoms with Crippen molar-refractivity contribution in [1.82, 2.24) is 20.1 Å². The number of aliphatic carboxylic acids is 1. The van der Waals surface area contributed by atoms with Crippen LogP contribution < -0.4 is 5.32 Å². The SMILES string of the molecule is CCC(C)C(NC(=O)Cc1csc(-c2cccc(CN3CCN(C)CC3)c2)n1)C(=O)O. The highest BCUT2D eigenvalue weighted by atomic mass is 32.1. The summed E-state index contributed by atoms with van der Waals surface area (Å²) in [6, 6.07) is 7.54. The van der Waals surface area contributed by atoms with Crippen molar-refractivity contribution in [2.24, 2.45) is 5.92 Å². The van der Waals surface area contributed by atoms with Crippen LogP contribution in [0, 0.1) is 5.92 Å². The monoisotopic (exact) mass is 444 g/mol. The average Bonchev–Trinajstić information content (AvgIpc) is 3.21. The zero-order chi connectivity index (χ0) is 22.4. The van der Waals surface area contributed by atoms with E-state index >= 15 is 0 Å². The number of carbonyl (C=O) groups excluding carboxylic acids is 1. The normalized spacial score (nSPS) is 17.3. The molecular formula is C23H32N4O3S. The molecule has 31 heavy (non-hydrogen) atoms. The van der Waals surface area contributed by atoms with Gasteiger partial charge in [0.1, 0.15) is 11.0 Å². The second-order valence-corrected chi connectivity index (χ2v) is 9.23. The minimum absolute atomic E-state index is 0.0811. The van der Waals surface area contributed by atoms with Gasteiger partial charge in [-0.1, -0.05) is 38.5 Å². The molecule has 1 fully saturated rings. The number of nitrogens with one attached hydrogen (secondary N) is 1. The van der Waals surface area contributed by atoms with Crippen molar-refractivity contribution in [2.75, 3.05) is 33.2 Å². The molecule has 2 atom stereocenters. The highest BCUT2D eigenvalue weighted by Gasteiger charge is 2.25. The van der Waals surface area contributed by atoms with Crippen LogP contribution in [0.15, 0.2) is 29.6 Å². The fourth-order valence-corrected chi connectivity index (χ4v) is 4.48. The van der Waals surface area contributed by atoms with Gasteiger partial charge in [0.15, 0.2) is 0 Å². The van der Waals surface area contributed by atoms with E-state index in [1.807, 2.05) is 25.3 Å². The Labute approximate surface area is 188 Å². The third kappa shape index (κ3) is 6.59. The van der Waals surface area contributed by atoms with E-state index in [9.17, 15) is 14.7 Å². The summed E-state index contributed by atoms with van der Waals surface area (Å²) in [6.07, 6.45) is 0.764. The third-order valence-corrected chi connectivity index (χ3v) is 6.81. The number of hydrogen-bond donors (Lipinski definition) is 2. The molecule has 7 nitrogen and oxygen atoms in total. The van der Waals surface area contributed by atoms with Crippen LogP contribution in [0.3, 0.4) is 0 Å². The van der Waals surface area contributed by atoms with Crippen molar-refractivity contribution in [3.05, 3.63) is 40.9 Å². The number of nitrogens with zero attached hydrogens (tertiary/aromatic N) is 3. The zero-order valence-corrected chi connectivity index (χ0v) is 19.3. The average molecular weight is 445 g/mol. The maximum atomic E-state index is 12.4. The molecule has 0 radical (unpaired) electrons. The van der Waals surface area contributed by atoms with Crippen LogP contribution in [0.4, 0.5) is 0 Å². The first-order valence-corrected chi connectivity index (χ1v) is 11.7. The van der Waals surface area contributed by atoms with E-state index < -0.39 is 12.0 Å². The van der Waals surface area contributed by atoms with Crippen LogP contribution in [0.25, 0.3) is 10.6 Å². The quantitative estimate of drug-likeness (QED) is 0.619. The number of likely N-dealkylation sites (N-methyl/N-ethyl adjacent to an activating group) is 1. The largest absolute Gasteiger partial charge is 0.480 e. The van der Waals surface area contributed by atoms with E-state index in [2.05, 4.69) is 45.3 Å². The lowest BCUT2D eigenvalue weighted by Gasteiger charge is -2.32. The fourth-order valence-electron chi connectivity index (χ4n) is 3.66. The van der Waals surface area contributed by atoms with Gasteiger partial charge in [-0.15, -0.1) is 11.3 Å². The van der Waals surface area contributed by atoms with Crippen molar-refractivity contribution in [3.63, 3.8) is 0 Å². The molecule has 1 aliphatic rings. The minimum Gasteiger partial charge on any atom is -0.480 e. The Morgan fingerprint density at radius 1 is 1.26 bits per heavy atom. The second kappa shape index (κ2) is 10.8. The van der Waals surface area contributed by atoms with Crippen LogP contribution in [-0.4, -0.2) is 71.0 Å². The number of carboxylic acids is 1. The molecule has 1 aromatic heterocycles. The molecule has 1 saturated heterocycles. The maximum absolute atomic E-state index is 12.4. The predicted molar refractivity (Wildman–Crippen MR) is 123 cm³/mol. The number of carboxylic acid groups (broad SMARTS) is 1. The molecule has 0 spiro atoms. The number of rotatable bonds is 9. The molecule has 0 bridgehead atoms. The molecule has 0 aliphatic carbocycles. The zero-order valence-electron chi connectivity index (χ0n) is 18.5. The first kappa shape index (κ1) is 23.4. The summed E-state index contributed by atoms with van der Waals surface area (Å²) >= 11 is 1.51. The van der Waals surface area contributed by atoms with Crippen molar-refractivity contribution in [1.29, 1.82) is 0 Å². The molecule has 0 saturated carbocycles. The Kier molecular flexibility index (Phi) is 8.17. The summed E-state index contributed by atoms with van der Waals surface area (Å²) in [5, 5.41) is 14.8. The van der Waals surface area contributed by atoms with Crippen LogP contribution in [0.1, 0.15) is 31.5 Å². The van der Waals surface area contributed by atoms with Crippen LogP contribution >= 0.6 is 11.3 Å². The van der Waals surface area contributed by atoms with Gasteiger partial charge in [0.05, 0.1) is 12.1 Å². The number of amides is 1. The number of carbonyl (C=O) groups is 2. The van der Waals surface area contributed by atoms with Gasteiger partial charge in [0.2, 0.25) is 5.91 Å². The maximum Gasteiger partial charge on any atom is 0.326 e. The molecule has 2 N–H and O–H groups in total. The standard InChI is InChI=1S/C23H32N4O3S/c1-4-16(2)21(23(29)30)25-20(28)13-19-15-31-22(24-19)18-7-5-6-17(12-18)14-27-10-8-26(3)9-11-27/h5-7,12,15-16,21H,4,8-11,13-14H2,1-3H3,(H,25,28)(H,29,30). The number of piperazine rings is 1. The Morgan fingerprint density at radius 3 is 2.68 bits per heavy atom.